The lowest BCUT2D eigenvalue weighted by Crippen LogP contribution is -2.25. The van der Waals surface area contributed by atoms with Gasteiger partial charge in [-0.2, -0.15) is 5.10 Å². The van der Waals surface area contributed by atoms with Crippen molar-refractivity contribution in [1.29, 1.82) is 0 Å². The van der Waals surface area contributed by atoms with Crippen LogP contribution in [0, 0.1) is 6.92 Å². The summed E-state index contributed by atoms with van der Waals surface area (Å²) in [5.41, 5.74) is 4.90. The summed E-state index contributed by atoms with van der Waals surface area (Å²) >= 11 is 6.11. The molecule has 0 spiro atoms. The van der Waals surface area contributed by atoms with Gasteiger partial charge in [0.1, 0.15) is 0 Å². The normalized spacial score (nSPS) is 10.5. The summed E-state index contributed by atoms with van der Waals surface area (Å²) in [6.07, 6.45) is 1.39. The number of halogens is 1. The maximum Gasteiger partial charge on any atom is 0.341 e. The number of hydrazone groups is 1. The molecule has 3 N–H and O–H groups in total. The van der Waals surface area contributed by atoms with Crippen molar-refractivity contribution in [3.8, 4) is 11.5 Å². The van der Waals surface area contributed by atoms with Gasteiger partial charge in [0, 0.05) is 5.69 Å². The number of aliphatic carboxylic acids is 1. The Hall–Kier alpha value is -3.26. The lowest BCUT2D eigenvalue weighted by molar-refractivity contribution is -0.139. The van der Waals surface area contributed by atoms with Crippen LogP contribution in [0.5, 0.6) is 11.5 Å². The molecule has 0 heterocycles. The number of benzene rings is 2. The summed E-state index contributed by atoms with van der Waals surface area (Å²) in [5, 5.41) is 15.7. The molecule has 0 unspecified atom stereocenters. The fourth-order valence-electron chi connectivity index (χ4n) is 2.16. The van der Waals surface area contributed by atoms with Crippen molar-refractivity contribution in [3.63, 3.8) is 0 Å². The first kappa shape index (κ1) is 21.0. The Bertz CT molecular complexity index is 869. The van der Waals surface area contributed by atoms with E-state index in [0.717, 1.165) is 11.3 Å². The minimum absolute atomic E-state index is 0.0619. The number of hydrogen-bond donors (Lipinski definition) is 3. The average Bonchev–Trinajstić information content (AvgIpc) is 2.66. The summed E-state index contributed by atoms with van der Waals surface area (Å²) in [6.45, 7) is 1.50. The van der Waals surface area contributed by atoms with Gasteiger partial charge in [-0.3, -0.25) is 4.79 Å². The number of hydrogen-bond acceptors (Lipinski definition) is 6. The van der Waals surface area contributed by atoms with Crippen molar-refractivity contribution in [1.82, 2.24) is 5.43 Å². The van der Waals surface area contributed by atoms with Crippen LogP contribution >= 0.6 is 11.6 Å². The molecular weight excluding hydrogens is 386 g/mol. The van der Waals surface area contributed by atoms with E-state index in [0.29, 0.717) is 5.56 Å². The van der Waals surface area contributed by atoms with Crippen LogP contribution in [0.2, 0.25) is 5.02 Å². The minimum atomic E-state index is -1.13. The van der Waals surface area contributed by atoms with Gasteiger partial charge in [-0.05, 0) is 36.8 Å². The Morgan fingerprint density at radius 1 is 1.25 bits per heavy atom. The Labute approximate surface area is 167 Å². The van der Waals surface area contributed by atoms with E-state index in [1.54, 1.807) is 6.07 Å². The van der Waals surface area contributed by atoms with Gasteiger partial charge < -0.3 is 19.9 Å². The number of rotatable bonds is 9. The van der Waals surface area contributed by atoms with E-state index in [9.17, 15) is 9.59 Å². The van der Waals surface area contributed by atoms with E-state index in [4.69, 9.17) is 26.2 Å². The molecule has 2 aromatic carbocycles. The maximum atomic E-state index is 11.9. The van der Waals surface area contributed by atoms with Crippen LogP contribution < -0.4 is 20.2 Å². The van der Waals surface area contributed by atoms with Gasteiger partial charge in [-0.1, -0.05) is 29.3 Å². The number of aryl methyl sites for hydroxylation is 1. The van der Waals surface area contributed by atoms with E-state index < -0.39 is 12.6 Å². The maximum absolute atomic E-state index is 11.9. The summed E-state index contributed by atoms with van der Waals surface area (Å²) in [7, 11) is 1.40. The van der Waals surface area contributed by atoms with Crippen LogP contribution in [0.1, 0.15) is 11.1 Å². The Kier molecular flexibility index (Phi) is 7.65. The van der Waals surface area contributed by atoms with Crippen molar-refractivity contribution in [2.45, 2.75) is 6.92 Å². The molecule has 0 bridgehead atoms. The molecule has 148 valence electrons. The third-order valence-electron chi connectivity index (χ3n) is 3.50. The van der Waals surface area contributed by atoms with Gasteiger partial charge >= 0.3 is 5.97 Å². The van der Waals surface area contributed by atoms with Crippen molar-refractivity contribution in [2.24, 2.45) is 5.10 Å². The Morgan fingerprint density at radius 3 is 2.61 bits per heavy atom. The van der Waals surface area contributed by atoms with Crippen molar-refractivity contribution >= 4 is 35.4 Å². The third-order valence-corrected chi connectivity index (χ3v) is 3.78. The fourth-order valence-corrected chi connectivity index (χ4v) is 2.43. The zero-order chi connectivity index (χ0) is 20.5. The number of carboxylic acids is 1. The molecule has 8 nitrogen and oxygen atoms in total. The van der Waals surface area contributed by atoms with Gasteiger partial charge in [-0.15, -0.1) is 0 Å². The van der Waals surface area contributed by atoms with Gasteiger partial charge in [0.2, 0.25) is 0 Å². The zero-order valence-corrected chi connectivity index (χ0v) is 16.1. The summed E-state index contributed by atoms with van der Waals surface area (Å²) in [6, 6.07) is 10.7. The smallest absolute Gasteiger partial charge is 0.341 e. The van der Waals surface area contributed by atoms with Crippen LogP contribution in [0.3, 0.4) is 0 Å². The highest BCUT2D eigenvalue weighted by Crippen LogP contribution is 2.36. The van der Waals surface area contributed by atoms with Gasteiger partial charge in [0.25, 0.3) is 5.91 Å². The molecule has 0 aliphatic carbocycles. The molecule has 0 fully saturated rings. The first-order chi connectivity index (χ1) is 13.4. The molecule has 0 aliphatic rings. The van der Waals surface area contributed by atoms with E-state index in [2.05, 4.69) is 15.8 Å². The molecule has 28 heavy (non-hydrogen) atoms. The molecule has 2 rings (SSSR count). The van der Waals surface area contributed by atoms with E-state index in [1.165, 1.54) is 19.4 Å². The highest BCUT2D eigenvalue weighted by molar-refractivity contribution is 6.32. The number of carbonyl (C=O) groups excluding carboxylic acids is 1. The second-order valence-corrected chi connectivity index (χ2v) is 6.14. The fraction of sp³-hybridized carbons (Fsp3) is 0.211. The molecule has 0 aliphatic heterocycles. The first-order valence-electron chi connectivity index (χ1n) is 8.23. The number of ether oxygens (including phenoxy) is 2. The topological polar surface area (TPSA) is 109 Å². The standard InChI is InChI=1S/C19H20ClN3O5/c1-12-3-5-14(6-4-12)21-10-17(24)23-22-9-13-7-15(20)19(16(8-13)27-2)28-11-18(25)26/h3-9,21H,10-11H2,1-2H3,(H,23,24)(H,25,26)/b22-9-. The lowest BCUT2D eigenvalue weighted by atomic mass is 10.2. The first-order valence-corrected chi connectivity index (χ1v) is 8.61. The van der Waals surface area contributed by atoms with Crippen LogP contribution in [-0.4, -0.2) is 43.5 Å². The van der Waals surface area contributed by atoms with Crippen LogP contribution in [0.25, 0.3) is 0 Å². The lowest BCUT2D eigenvalue weighted by Gasteiger charge is -2.11. The Morgan fingerprint density at radius 2 is 1.96 bits per heavy atom. The predicted octanol–water partition coefficient (Wildman–Crippen LogP) is 2.68. The highest BCUT2D eigenvalue weighted by Gasteiger charge is 2.13. The van der Waals surface area contributed by atoms with Crippen LogP contribution in [0.15, 0.2) is 41.5 Å². The predicted molar refractivity (Wildman–Crippen MR) is 107 cm³/mol. The number of methoxy groups -OCH3 is 1. The van der Waals surface area contributed by atoms with Crippen molar-refractivity contribution in [2.75, 3.05) is 25.6 Å². The SMILES string of the molecule is COc1cc(/C=N\NC(=O)CNc2ccc(C)cc2)cc(Cl)c1OCC(=O)O. The molecule has 0 saturated heterocycles. The molecule has 2 aromatic rings. The molecule has 9 heteroatoms. The molecule has 0 radical (unpaired) electrons. The Balaban J connectivity index is 1.93. The van der Waals surface area contributed by atoms with Gasteiger partial charge in [0.05, 0.1) is 24.9 Å². The van der Waals surface area contributed by atoms with Crippen molar-refractivity contribution < 1.29 is 24.2 Å². The second-order valence-electron chi connectivity index (χ2n) is 5.73. The number of anilines is 1. The molecule has 0 aromatic heterocycles. The molecule has 1 amide bonds. The second kappa shape index (κ2) is 10.2. The van der Waals surface area contributed by atoms with Crippen LogP contribution in [0.4, 0.5) is 5.69 Å². The van der Waals surface area contributed by atoms with Crippen LogP contribution in [-0.2, 0) is 9.59 Å². The number of amides is 1. The number of nitrogens with one attached hydrogen (secondary N) is 2. The van der Waals surface area contributed by atoms with Gasteiger partial charge in [-0.25, -0.2) is 10.2 Å². The average molecular weight is 406 g/mol. The largest absolute Gasteiger partial charge is 0.493 e. The minimum Gasteiger partial charge on any atom is -0.493 e. The van der Waals surface area contributed by atoms with Gasteiger partial charge in [0.15, 0.2) is 18.1 Å². The quantitative estimate of drug-likeness (QED) is 0.437. The number of carbonyl (C=O) groups is 2. The molecule has 0 atom stereocenters. The molecular formula is C19H20ClN3O5. The summed E-state index contributed by atoms with van der Waals surface area (Å²) in [5.74, 6) is -1.08. The van der Waals surface area contributed by atoms with E-state index in [1.807, 2.05) is 31.2 Å². The van der Waals surface area contributed by atoms with Crippen molar-refractivity contribution in [3.05, 3.63) is 52.5 Å². The van der Waals surface area contributed by atoms with E-state index >= 15 is 0 Å². The van der Waals surface area contributed by atoms with E-state index in [-0.39, 0.29) is 29.0 Å². The summed E-state index contributed by atoms with van der Waals surface area (Å²) < 4.78 is 10.3. The number of carboxylic acid groups (broad SMARTS) is 1. The molecule has 0 saturated carbocycles. The number of nitrogens with zero attached hydrogens (tertiary/aromatic N) is 1. The third kappa shape index (κ3) is 6.48. The monoisotopic (exact) mass is 405 g/mol. The highest BCUT2D eigenvalue weighted by atomic mass is 35.5. The summed E-state index contributed by atoms with van der Waals surface area (Å²) in [4.78, 5) is 22.5. The zero-order valence-electron chi connectivity index (χ0n) is 15.4.